The van der Waals surface area contributed by atoms with Gasteiger partial charge in [0.2, 0.25) is 0 Å². The van der Waals surface area contributed by atoms with Crippen molar-refractivity contribution in [3.63, 3.8) is 0 Å². The van der Waals surface area contributed by atoms with Crippen molar-refractivity contribution < 1.29 is 4.74 Å². The Balaban J connectivity index is 1.74. The molecule has 0 aromatic heterocycles. The summed E-state index contributed by atoms with van der Waals surface area (Å²) in [6, 6.07) is 8.55. The zero-order valence-electron chi connectivity index (χ0n) is 11.5. The third kappa shape index (κ3) is 4.34. The smallest absolute Gasteiger partial charge is 0.119 e. The monoisotopic (exact) mass is 247 g/mol. The number of nitrogens with one attached hydrogen (secondary N) is 1. The Kier molecular flexibility index (Phi) is 5.53. The van der Waals surface area contributed by atoms with Crippen LogP contribution in [0.5, 0.6) is 5.75 Å². The van der Waals surface area contributed by atoms with E-state index in [2.05, 4.69) is 36.5 Å². The minimum Gasteiger partial charge on any atom is -0.490 e. The Morgan fingerprint density at radius 2 is 1.89 bits per heavy atom. The van der Waals surface area contributed by atoms with Crippen molar-refractivity contribution in [3.05, 3.63) is 29.8 Å². The van der Waals surface area contributed by atoms with Crippen molar-refractivity contribution in [3.8, 4) is 5.75 Å². The van der Waals surface area contributed by atoms with Crippen molar-refractivity contribution in [2.45, 2.75) is 58.1 Å². The summed E-state index contributed by atoms with van der Waals surface area (Å²) < 4.78 is 5.95. The van der Waals surface area contributed by atoms with Gasteiger partial charge in [-0.1, -0.05) is 25.5 Å². The predicted molar refractivity (Wildman–Crippen MR) is 75.9 cm³/mol. The molecule has 1 N–H and O–H groups in total. The Morgan fingerprint density at radius 3 is 2.56 bits per heavy atom. The van der Waals surface area contributed by atoms with E-state index in [9.17, 15) is 0 Å². The maximum Gasteiger partial charge on any atom is 0.119 e. The summed E-state index contributed by atoms with van der Waals surface area (Å²) >= 11 is 0. The second kappa shape index (κ2) is 7.42. The lowest BCUT2D eigenvalue weighted by Gasteiger charge is -2.13. The van der Waals surface area contributed by atoms with Crippen molar-refractivity contribution in [2.75, 3.05) is 6.54 Å². The molecule has 0 unspecified atom stereocenters. The lowest BCUT2D eigenvalue weighted by molar-refractivity contribution is 0.210. The molecule has 1 saturated carbocycles. The van der Waals surface area contributed by atoms with Crippen molar-refractivity contribution in [1.82, 2.24) is 5.32 Å². The SMILES string of the molecule is CCCCNCc1ccc(OC2CCCC2)cc1. The van der Waals surface area contributed by atoms with Gasteiger partial charge in [0, 0.05) is 6.54 Å². The van der Waals surface area contributed by atoms with E-state index >= 15 is 0 Å². The number of ether oxygens (including phenoxy) is 1. The van der Waals surface area contributed by atoms with E-state index < -0.39 is 0 Å². The second-order valence-corrected chi connectivity index (χ2v) is 5.20. The van der Waals surface area contributed by atoms with E-state index in [1.807, 2.05) is 0 Å². The first-order valence-electron chi connectivity index (χ1n) is 7.35. The van der Waals surface area contributed by atoms with Gasteiger partial charge >= 0.3 is 0 Å². The molecule has 18 heavy (non-hydrogen) atoms. The van der Waals surface area contributed by atoms with E-state index in [4.69, 9.17) is 4.74 Å². The maximum atomic E-state index is 5.95. The number of hydrogen-bond donors (Lipinski definition) is 1. The number of rotatable bonds is 7. The van der Waals surface area contributed by atoms with Crippen LogP contribution < -0.4 is 10.1 Å². The summed E-state index contributed by atoms with van der Waals surface area (Å²) in [4.78, 5) is 0. The van der Waals surface area contributed by atoms with Gasteiger partial charge in [0.05, 0.1) is 6.10 Å². The Morgan fingerprint density at radius 1 is 1.17 bits per heavy atom. The lowest BCUT2D eigenvalue weighted by Crippen LogP contribution is -2.14. The van der Waals surface area contributed by atoms with Crippen molar-refractivity contribution >= 4 is 0 Å². The molecule has 1 aromatic rings. The normalized spacial score (nSPS) is 16.1. The number of unbranched alkanes of at least 4 members (excludes halogenated alkanes) is 1. The third-order valence-corrected chi connectivity index (χ3v) is 3.56. The quantitative estimate of drug-likeness (QED) is 0.738. The molecule has 2 nitrogen and oxygen atoms in total. The zero-order valence-corrected chi connectivity index (χ0v) is 11.5. The average Bonchev–Trinajstić information content (AvgIpc) is 2.89. The Labute approximate surface area is 111 Å². The fourth-order valence-corrected chi connectivity index (χ4v) is 2.42. The molecule has 0 saturated heterocycles. The summed E-state index contributed by atoms with van der Waals surface area (Å²) in [5.41, 5.74) is 1.34. The summed E-state index contributed by atoms with van der Waals surface area (Å²) in [7, 11) is 0. The van der Waals surface area contributed by atoms with Crippen LogP contribution >= 0.6 is 0 Å². The molecule has 0 atom stereocenters. The van der Waals surface area contributed by atoms with Crippen LogP contribution in [0.3, 0.4) is 0 Å². The molecular weight excluding hydrogens is 222 g/mol. The van der Waals surface area contributed by atoms with Gasteiger partial charge < -0.3 is 10.1 Å². The molecular formula is C16H25NO. The molecule has 0 aliphatic heterocycles. The largest absolute Gasteiger partial charge is 0.490 e. The summed E-state index contributed by atoms with van der Waals surface area (Å²) in [5.74, 6) is 1.03. The molecule has 2 rings (SSSR count). The summed E-state index contributed by atoms with van der Waals surface area (Å²) in [6.07, 6.45) is 8.05. The van der Waals surface area contributed by atoms with Crippen LogP contribution in [0, 0.1) is 0 Å². The van der Waals surface area contributed by atoms with Gasteiger partial charge in [-0.15, -0.1) is 0 Å². The third-order valence-electron chi connectivity index (χ3n) is 3.56. The minimum atomic E-state index is 0.457. The highest BCUT2D eigenvalue weighted by atomic mass is 16.5. The summed E-state index contributed by atoms with van der Waals surface area (Å²) in [5, 5.41) is 3.45. The number of hydrogen-bond acceptors (Lipinski definition) is 2. The molecule has 1 aliphatic carbocycles. The minimum absolute atomic E-state index is 0.457. The van der Waals surface area contributed by atoms with Crippen LogP contribution in [0.1, 0.15) is 51.0 Å². The maximum absolute atomic E-state index is 5.95. The van der Waals surface area contributed by atoms with Crippen LogP contribution in [0.2, 0.25) is 0 Å². The van der Waals surface area contributed by atoms with Gasteiger partial charge in [0.25, 0.3) is 0 Å². The number of benzene rings is 1. The standard InChI is InChI=1S/C16H25NO/c1-2-3-12-17-13-14-8-10-16(11-9-14)18-15-6-4-5-7-15/h8-11,15,17H,2-7,12-13H2,1H3. The lowest BCUT2D eigenvalue weighted by atomic mass is 10.2. The van der Waals surface area contributed by atoms with Gasteiger partial charge in [-0.3, -0.25) is 0 Å². The Hall–Kier alpha value is -1.02. The predicted octanol–water partition coefficient (Wildman–Crippen LogP) is 3.90. The van der Waals surface area contributed by atoms with Crippen molar-refractivity contribution in [1.29, 1.82) is 0 Å². The Bertz CT molecular complexity index is 327. The van der Waals surface area contributed by atoms with Gasteiger partial charge in [0.15, 0.2) is 0 Å². The van der Waals surface area contributed by atoms with E-state index in [0.717, 1.165) is 18.8 Å². The molecule has 2 heteroatoms. The highest BCUT2D eigenvalue weighted by Gasteiger charge is 2.16. The van der Waals surface area contributed by atoms with Crippen LogP contribution in [0.15, 0.2) is 24.3 Å². The fraction of sp³-hybridized carbons (Fsp3) is 0.625. The van der Waals surface area contributed by atoms with Gasteiger partial charge in [-0.25, -0.2) is 0 Å². The topological polar surface area (TPSA) is 21.3 Å². The molecule has 0 amide bonds. The molecule has 1 aliphatic rings. The molecule has 0 bridgehead atoms. The van der Waals surface area contributed by atoms with E-state index in [0.29, 0.717) is 6.10 Å². The van der Waals surface area contributed by atoms with Crippen LogP contribution in [-0.2, 0) is 6.54 Å². The first-order valence-corrected chi connectivity index (χ1v) is 7.35. The first kappa shape index (κ1) is 13.4. The van der Waals surface area contributed by atoms with E-state index in [1.54, 1.807) is 0 Å². The highest BCUT2D eigenvalue weighted by Crippen LogP contribution is 2.24. The molecule has 100 valence electrons. The van der Waals surface area contributed by atoms with Gasteiger partial charge in [-0.2, -0.15) is 0 Å². The average molecular weight is 247 g/mol. The van der Waals surface area contributed by atoms with Crippen molar-refractivity contribution in [2.24, 2.45) is 0 Å². The highest BCUT2D eigenvalue weighted by molar-refractivity contribution is 5.27. The van der Waals surface area contributed by atoms with E-state index in [1.165, 1.54) is 44.1 Å². The first-order chi connectivity index (χ1) is 8.88. The summed E-state index contributed by atoms with van der Waals surface area (Å²) in [6.45, 7) is 4.29. The molecule has 1 fully saturated rings. The van der Waals surface area contributed by atoms with Gasteiger partial charge in [-0.05, 0) is 56.3 Å². The molecule has 0 heterocycles. The van der Waals surface area contributed by atoms with E-state index in [-0.39, 0.29) is 0 Å². The molecule has 0 radical (unpaired) electrons. The fourth-order valence-electron chi connectivity index (χ4n) is 2.42. The van der Waals surface area contributed by atoms with Gasteiger partial charge in [0.1, 0.15) is 5.75 Å². The zero-order chi connectivity index (χ0) is 12.6. The molecule has 1 aromatic carbocycles. The van der Waals surface area contributed by atoms with Crippen LogP contribution in [0.4, 0.5) is 0 Å². The van der Waals surface area contributed by atoms with Crippen LogP contribution in [-0.4, -0.2) is 12.6 Å². The van der Waals surface area contributed by atoms with Crippen LogP contribution in [0.25, 0.3) is 0 Å². The molecule has 0 spiro atoms. The second-order valence-electron chi connectivity index (χ2n) is 5.20.